The maximum atomic E-state index is 5.89. The normalized spacial score (nSPS) is 22.2. The predicted octanol–water partition coefficient (Wildman–Crippen LogP) is 2.59. The maximum absolute atomic E-state index is 5.89. The first-order chi connectivity index (χ1) is 9.83. The standard InChI is InChI=1S/C15H19N3OS/c16-15-18-10-13(20-15)9-17-8-12-6-7-19-14(12)11-4-2-1-3-5-11/h1-5,10,12,14,17H,6-9H2,(H2,16,18)/t12-,14-/m0/s1. The number of benzene rings is 1. The van der Waals surface area contributed by atoms with Crippen molar-refractivity contribution < 1.29 is 4.74 Å². The van der Waals surface area contributed by atoms with Gasteiger partial charge < -0.3 is 15.8 Å². The molecule has 3 rings (SSSR count). The lowest BCUT2D eigenvalue weighted by atomic mass is 9.95. The van der Waals surface area contributed by atoms with E-state index < -0.39 is 0 Å². The highest BCUT2D eigenvalue weighted by atomic mass is 32.1. The molecule has 1 aromatic heterocycles. The molecule has 1 saturated heterocycles. The summed E-state index contributed by atoms with van der Waals surface area (Å²) in [5.41, 5.74) is 6.91. The minimum atomic E-state index is 0.218. The molecule has 2 atom stereocenters. The fourth-order valence-corrected chi connectivity index (χ4v) is 3.29. The third-order valence-electron chi connectivity index (χ3n) is 3.62. The molecule has 4 nitrogen and oxygen atoms in total. The highest BCUT2D eigenvalue weighted by molar-refractivity contribution is 7.15. The summed E-state index contributed by atoms with van der Waals surface area (Å²) in [6.45, 7) is 2.63. The van der Waals surface area contributed by atoms with Gasteiger partial charge in [-0.2, -0.15) is 0 Å². The van der Waals surface area contributed by atoms with Crippen LogP contribution in [0.15, 0.2) is 36.5 Å². The van der Waals surface area contributed by atoms with E-state index in [1.165, 1.54) is 10.4 Å². The van der Waals surface area contributed by atoms with Crippen molar-refractivity contribution in [3.63, 3.8) is 0 Å². The summed E-state index contributed by atoms with van der Waals surface area (Å²) in [5, 5.41) is 4.12. The minimum Gasteiger partial charge on any atom is -0.375 e. The van der Waals surface area contributed by atoms with E-state index in [9.17, 15) is 0 Å². The zero-order valence-electron chi connectivity index (χ0n) is 11.3. The number of aromatic nitrogens is 1. The van der Waals surface area contributed by atoms with Crippen LogP contribution in [0.5, 0.6) is 0 Å². The highest BCUT2D eigenvalue weighted by Gasteiger charge is 2.28. The molecule has 0 radical (unpaired) electrons. The van der Waals surface area contributed by atoms with Crippen LogP contribution in [0.25, 0.3) is 0 Å². The summed E-state index contributed by atoms with van der Waals surface area (Å²) in [7, 11) is 0. The molecule has 1 aromatic carbocycles. The van der Waals surface area contributed by atoms with E-state index in [-0.39, 0.29) is 6.10 Å². The van der Waals surface area contributed by atoms with Crippen molar-refractivity contribution >= 4 is 16.5 Å². The molecule has 3 N–H and O–H groups in total. The number of nitrogens with one attached hydrogen (secondary N) is 1. The van der Waals surface area contributed by atoms with E-state index in [1.54, 1.807) is 11.3 Å². The van der Waals surface area contributed by atoms with Crippen LogP contribution in [-0.2, 0) is 11.3 Å². The van der Waals surface area contributed by atoms with Gasteiger partial charge in [-0.05, 0) is 12.0 Å². The average molecular weight is 289 g/mol. The first-order valence-corrected chi connectivity index (χ1v) is 7.72. The molecular weight excluding hydrogens is 270 g/mol. The average Bonchev–Trinajstić information content (AvgIpc) is 3.09. The molecule has 1 fully saturated rings. The zero-order valence-corrected chi connectivity index (χ0v) is 12.1. The van der Waals surface area contributed by atoms with Gasteiger partial charge >= 0.3 is 0 Å². The van der Waals surface area contributed by atoms with Gasteiger partial charge in [0.2, 0.25) is 0 Å². The molecule has 0 bridgehead atoms. The van der Waals surface area contributed by atoms with Crippen molar-refractivity contribution in [1.29, 1.82) is 0 Å². The van der Waals surface area contributed by atoms with Crippen molar-refractivity contribution in [3.05, 3.63) is 47.0 Å². The maximum Gasteiger partial charge on any atom is 0.180 e. The van der Waals surface area contributed by atoms with E-state index in [1.807, 2.05) is 12.3 Å². The number of nitrogens with two attached hydrogens (primary N) is 1. The number of rotatable bonds is 5. The predicted molar refractivity (Wildman–Crippen MR) is 81.5 cm³/mol. The van der Waals surface area contributed by atoms with Crippen LogP contribution >= 0.6 is 11.3 Å². The van der Waals surface area contributed by atoms with Crippen LogP contribution < -0.4 is 11.1 Å². The Morgan fingerprint density at radius 3 is 2.95 bits per heavy atom. The van der Waals surface area contributed by atoms with Gasteiger partial charge in [-0.3, -0.25) is 0 Å². The first kappa shape index (κ1) is 13.5. The summed E-state index contributed by atoms with van der Waals surface area (Å²) >= 11 is 1.54. The van der Waals surface area contributed by atoms with E-state index in [0.717, 1.165) is 26.1 Å². The summed E-state index contributed by atoms with van der Waals surface area (Å²) in [6.07, 6.45) is 3.17. The van der Waals surface area contributed by atoms with Gasteiger partial charge in [0.05, 0.1) is 6.10 Å². The van der Waals surface area contributed by atoms with Crippen LogP contribution in [0, 0.1) is 5.92 Å². The highest BCUT2D eigenvalue weighted by Crippen LogP contribution is 2.33. The SMILES string of the molecule is Nc1ncc(CNC[C@@H]2CCO[C@H]2c2ccccc2)s1. The molecule has 20 heavy (non-hydrogen) atoms. The second kappa shape index (κ2) is 6.35. The summed E-state index contributed by atoms with van der Waals surface area (Å²) < 4.78 is 5.89. The quantitative estimate of drug-likeness (QED) is 0.888. The molecule has 0 unspecified atom stereocenters. The number of hydrogen-bond donors (Lipinski definition) is 2. The number of nitrogen functional groups attached to an aromatic ring is 1. The summed E-state index contributed by atoms with van der Waals surface area (Å²) in [6, 6.07) is 10.5. The van der Waals surface area contributed by atoms with Gasteiger partial charge in [0.15, 0.2) is 5.13 Å². The topological polar surface area (TPSA) is 60.2 Å². The van der Waals surface area contributed by atoms with E-state index >= 15 is 0 Å². The van der Waals surface area contributed by atoms with Crippen LogP contribution in [0.4, 0.5) is 5.13 Å². The van der Waals surface area contributed by atoms with Crippen LogP contribution in [0.2, 0.25) is 0 Å². The summed E-state index contributed by atoms with van der Waals surface area (Å²) in [4.78, 5) is 5.24. The Labute approximate surface area is 123 Å². The zero-order chi connectivity index (χ0) is 13.8. The Morgan fingerprint density at radius 1 is 1.35 bits per heavy atom. The smallest absolute Gasteiger partial charge is 0.180 e. The molecule has 106 valence electrons. The van der Waals surface area contributed by atoms with Gasteiger partial charge in [-0.15, -0.1) is 11.3 Å². The molecule has 1 aliphatic heterocycles. The fourth-order valence-electron chi connectivity index (χ4n) is 2.64. The Balaban J connectivity index is 1.54. The number of hydrogen-bond acceptors (Lipinski definition) is 5. The van der Waals surface area contributed by atoms with Crippen LogP contribution in [0.1, 0.15) is 23.0 Å². The lowest BCUT2D eigenvalue weighted by Crippen LogP contribution is -2.24. The number of anilines is 1. The lowest BCUT2D eigenvalue weighted by molar-refractivity contribution is 0.0904. The molecule has 0 amide bonds. The van der Waals surface area contributed by atoms with Gasteiger partial charge in [-0.25, -0.2) is 4.98 Å². The molecule has 2 heterocycles. The van der Waals surface area contributed by atoms with E-state index in [4.69, 9.17) is 10.5 Å². The minimum absolute atomic E-state index is 0.218. The third-order valence-corrected chi connectivity index (χ3v) is 4.45. The van der Waals surface area contributed by atoms with Crippen LogP contribution in [-0.4, -0.2) is 18.1 Å². The molecule has 0 saturated carbocycles. The van der Waals surface area contributed by atoms with Crippen molar-refractivity contribution in [1.82, 2.24) is 10.3 Å². The first-order valence-electron chi connectivity index (χ1n) is 6.90. The molecule has 0 spiro atoms. The third kappa shape index (κ3) is 3.17. The van der Waals surface area contributed by atoms with Gasteiger partial charge in [0, 0.05) is 36.7 Å². The molecule has 5 heteroatoms. The lowest BCUT2D eigenvalue weighted by Gasteiger charge is -2.19. The Morgan fingerprint density at radius 2 is 2.20 bits per heavy atom. The Bertz CT molecular complexity index is 543. The molecule has 1 aliphatic rings. The van der Waals surface area contributed by atoms with Crippen molar-refractivity contribution in [3.8, 4) is 0 Å². The molecule has 2 aromatic rings. The van der Waals surface area contributed by atoms with Crippen molar-refractivity contribution in [2.75, 3.05) is 18.9 Å². The van der Waals surface area contributed by atoms with E-state index in [2.05, 4.69) is 34.6 Å². The Hall–Kier alpha value is -1.43. The second-order valence-electron chi connectivity index (χ2n) is 5.05. The Kier molecular flexibility index (Phi) is 4.30. The van der Waals surface area contributed by atoms with E-state index in [0.29, 0.717) is 11.0 Å². The second-order valence-corrected chi connectivity index (χ2v) is 6.19. The summed E-state index contributed by atoms with van der Waals surface area (Å²) in [5.74, 6) is 0.530. The van der Waals surface area contributed by atoms with Gasteiger partial charge in [-0.1, -0.05) is 30.3 Å². The number of nitrogens with zero attached hydrogens (tertiary/aromatic N) is 1. The fraction of sp³-hybridized carbons (Fsp3) is 0.400. The van der Waals surface area contributed by atoms with Gasteiger partial charge in [0.1, 0.15) is 0 Å². The largest absolute Gasteiger partial charge is 0.375 e. The molecular formula is C15H19N3OS. The molecule has 0 aliphatic carbocycles. The van der Waals surface area contributed by atoms with Crippen molar-refractivity contribution in [2.45, 2.75) is 19.1 Å². The van der Waals surface area contributed by atoms with Gasteiger partial charge in [0.25, 0.3) is 0 Å². The van der Waals surface area contributed by atoms with Crippen LogP contribution in [0.3, 0.4) is 0 Å². The monoisotopic (exact) mass is 289 g/mol. The van der Waals surface area contributed by atoms with Crippen molar-refractivity contribution in [2.24, 2.45) is 5.92 Å². The number of thiazole rings is 1. The number of ether oxygens (including phenoxy) is 1.